The van der Waals surface area contributed by atoms with E-state index in [1.165, 1.54) is 36.3 Å². The van der Waals surface area contributed by atoms with Crippen molar-refractivity contribution in [1.82, 2.24) is 20.0 Å². The molecule has 0 aliphatic heterocycles. The fourth-order valence-electron chi connectivity index (χ4n) is 2.32. The Morgan fingerprint density at radius 3 is 3.00 bits per heavy atom. The molecular weight excluding hydrogens is 347 g/mol. The lowest BCUT2D eigenvalue weighted by Crippen LogP contribution is -2.14. The summed E-state index contributed by atoms with van der Waals surface area (Å²) in [6.45, 7) is 0.297. The van der Waals surface area contributed by atoms with Crippen molar-refractivity contribution in [2.24, 2.45) is 0 Å². The first-order chi connectivity index (χ1) is 12.5. The molecule has 0 spiro atoms. The molecule has 1 aromatic carbocycles. The molecule has 1 amide bonds. The number of methoxy groups -OCH3 is 1. The molecule has 0 atom stereocenters. The van der Waals surface area contributed by atoms with Gasteiger partial charge >= 0.3 is 11.6 Å². The Balaban J connectivity index is 1.74. The maximum Gasteiger partial charge on any atom is 0.362 e. The Kier molecular flexibility index (Phi) is 4.60. The largest absolute Gasteiger partial charge is 0.475 e. The maximum atomic E-state index is 13.2. The van der Waals surface area contributed by atoms with Crippen LogP contribution >= 0.6 is 0 Å². The van der Waals surface area contributed by atoms with Gasteiger partial charge in [-0.05, 0) is 17.7 Å². The fraction of sp³-hybridized carbons (Fsp3) is 0.133. The Morgan fingerprint density at radius 2 is 2.31 bits per heavy atom. The summed E-state index contributed by atoms with van der Waals surface area (Å²) in [7, 11) is 1.21. The van der Waals surface area contributed by atoms with Gasteiger partial charge in [0.1, 0.15) is 5.82 Å². The van der Waals surface area contributed by atoms with Gasteiger partial charge in [-0.3, -0.25) is 24.7 Å². The molecule has 3 aromatic rings. The lowest BCUT2D eigenvalue weighted by atomic mass is 10.2. The summed E-state index contributed by atoms with van der Waals surface area (Å²) in [6, 6.07) is 6.04. The molecule has 26 heavy (non-hydrogen) atoms. The van der Waals surface area contributed by atoms with Gasteiger partial charge in [0.05, 0.1) is 30.5 Å². The molecule has 10 nitrogen and oxygen atoms in total. The van der Waals surface area contributed by atoms with Crippen LogP contribution in [-0.4, -0.2) is 37.9 Å². The van der Waals surface area contributed by atoms with Crippen LogP contribution in [0, 0.1) is 15.9 Å². The van der Waals surface area contributed by atoms with Gasteiger partial charge in [0, 0.05) is 6.20 Å². The van der Waals surface area contributed by atoms with E-state index in [0.717, 1.165) is 0 Å². The molecule has 0 saturated carbocycles. The summed E-state index contributed by atoms with van der Waals surface area (Å²) in [6.07, 6.45) is 2.89. The van der Waals surface area contributed by atoms with Gasteiger partial charge in [-0.25, -0.2) is 4.39 Å². The molecule has 0 bridgehead atoms. The highest BCUT2D eigenvalue weighted by molar-refractivity contribution is 6.06. The number of halogens is 1. The highest BCUT2D eigenvalue weighted by Crippen LogP contribution is 2.28. The number of hydrogen-bond donors (Lipinski definition) is 2. The van der Waals surface area contributed by atoms with Gasteiger partial charge in [0.15, 0.2) is 0 Å². The number of nitro groups is 1. The first-order valence-corrected chi connectivity index (χ1v) is 7.33. The molecule has 11 heteroatoms. The summed E-state index contributed by atoms with van der Waals surface area (Å²) >= 11 is 0. The minimum atomic E-state index is -0.766. The zero-order valence-electron chi connectivity index (χ0n) is 13.5. The van der Waals surface area contributed by atoms with E-state index in [4.69, 9.17) is 4.74 Å². The van der Waals surface area contributed by atoms with Crippen LogP contribution in [0.2, 0.25) is 0 Å². The lowest BCUT2D eigenvalue weighted by molar-refractivity contribution is -0.386. The normalized spacial score (nSPS) is 10.5. The van der Waals surface area contributed by atoms with Crippen molar-refractivity contribution in [3.63, 3.8) is 0 Å². The average molecular weight is 360 g/mol. The predicted octanol–water partition coefficient (Wildman–Crippen LogP) is 1.96. The van der Waals surface area contributed by atoms with Crippen molar-refractivity contribution in [1.29, 1.82) is 0 Å². The lowest BCUT2D eigenvalue weighted by Gasteiger charge is -2.02. The van der Waals surface area contributed by atoms with E-state index >= 15 is 0 Å². The monoisotopic (exact) mass is 360 g/mol. The molecule has 0 radical (unpaired) electrons. The van der Waals surface area contributed by atoms with Crippen molar-refractivity contribution in [3.8, 4) is 5.88 Å². The Labute approximate surface area is 145 Å². The molecule has 3 rings (SSSR count). The third-order valence-electron chi connectivity index (χ3n) is 3.44. The molecule has 0 unspecified atom stereocenters. The van der Waals surface area contributed by atoms with E-state index in [-0.39, 0.29) is 17.4 Å². The number of nitrogens with zero attached hydrogens (tertiary/aromatic N) is 4. The van der Waals surface area contributed by atoms with Crippen LogP contribution in [0.25, 0.3) is 0 Å². The van der Waals surface area contributed by atoms with Gasteiger partial charge in [-0.1, -0.05) is 12.1 Å². The van der Waals surface area contributed by atoms with E-state index in [1.807, 2.05) is 0 Å². The molecule has 134 valence electrons. The van der Waals surface area contributed by atoms with Crippen LogP contribution in [0.15, 0.2) is 36.7 Å². The number of aromatic nitrogens is 4. The van der Waals surface area contributed by atoms with E-state index in [1.54, 1.807) is 12.1 Å². The summed E-state index contributed by atoms with van der Waals surface area (Å²) < 4.78 is 19.5. The maximum absolute atomic E-state index is 13.2. The first-order valence-electron chi connectivity index (χ1n) is 7.33. The van der Waals surface area contributed by atoms with E-state index < -0.39 is 16.5 Å². The number of amides is 1. The number of rotatable bonds is 6. The quantitative estimate of drug-likeness (QED) is 0.511. The average Bonchev–Trinajstić information content (AvgIpc) is 3.21. The number of hydrogen-bond acceptors (Lipinski definition) is 6. The molecule has 0 aliphatic rings. The second kappa shape index (κ2) is 7.01. The van der Waals surface area contributed by atoms with Crippen LogP contribution in [0.3, 0.4) is 0 Å². The third kappa shape index (κ3) is 3.50. The summed E-state index contributed by atoms with van der Waals surface area (Å²) in [4.78, 5) is 22.6. The van der Waals surface area contributed by atoms with Crippen LogP contribution in [0.1, 0.15) is 16.1 Å². The number of nitrogens with one attached hydrogen (secondary N) is 2. The highest BCUT2D eigenvalue weighted by Gasteiger charge is 2.30. The summed E-state index contributed by atoms with van der Waals surface area (Å²) in [5, 5.41) is 23.5. The molecule has 2 heterocycles. The van der Waals surface area contributed by atoms with Gasteiger partial charge in [-0.15, -0.1) is 5.10 Å². The van der Waals surface area contributed by atoms with Gasteiger partial charge in [0.25, 0.3) is 5.91 Å². The van der Waals surface area contributed by atoms with E-state index in [2.05, 4.69) is 20.6 Å². The molecule has 2 aromatic heterocycles. The minimum Gasteiger partial charge on any atom is -0.475 e. The minimum absolute atomic E-state index is 0.290. The molecule has 2 N–H and O–H groups in total. The number of aromatic amines is 1. The second-order valence-corrected chi connectivity index (χ2v) is 5.22. The predicted molar refractivity (Wildman–Crippen MR) is 87.5 cm³/mol. The number of ether oxygens (including phenoxy) is 1. The number of carbonyl (C=O) groups excluding carboxylic acids is 1. The Hall–Kier alpha value is -3.76. The van der Waals surface area contributed by atoms with Gasteiger partial charge in [-0.2, -0.15) is 5.10 Å². The summed E-state index contributed by atoms with van der Waals surface area (Å²) in [5.41, 5.74) is 0.107. The Morgan fingerprint density at radius 1 is 1.50 bits per heavy atom. The van der Waals surface area contributed by atoms with Crippen molar-refractivity contribution in [2.45, 2.75) is 6.54 Å². The van der Waals surface area contributed by atoms with Gasteiger partial charge < -0.3 is 10.1 Å². The fourth-order valence-corrected chi connectivity index (χ4v) is 2.32. The number of benzene rings is 1. The van der Waals surface area contributed by atoms with Gasteiger partial charge in [0.2, 0.25) is 5.69 Å². The first kappa shape index (κ1) is 17.1. The van der Waals surface area contributed by atoms with Crippen molar-refractivity contribution < 1.29 is 18.8 Å². The summed E-state index contributed by atoms with van der Waals surface area (Å²) in [5.74, 6) is -1.41. The molecule has 0 aliphatic carbocycles. The second-order valence-electron chi connectivity index (χ2n) is 5.22. The molecule has 0 fully saturated rings. The highest BCUT2D eigenvalue weighted by atomic mass is 19.1. The van der Waals surface area contributed by atoms with Crippen LogP contribution in [0.5, 0.6) is 5.88 Å². The topological polar surface area (TPSA) is 128 Å². The Bertz CT molecular complexity index is 967. The van der Waals surface area contributed by atoms with Crippen LogP contribution < -0.4 is 10.1 Å². The van der Waals surface area contributed by atoms with Crippen molar-refractivity contribution in [3.05, 3.63) is 63.8 Å². The van der Waals surface area contributed by atoms with Crippen LogP contribution in [-0.2, 0) is 6.54 Å². The SMILES string of the molecule is COc1n[nH]c(C(=O)Nc2cnn(Cc3cccc(F)c3)c2)c1[N+](=O)[O-]. The van der Waals surface area contributed by atoms with Crippen molar-refractivity contribution in [2.75, 3.05) is 12.4 Å². The van der Waals surface area contributed by atoms with E-state index in [0.29, 0.717) is 17.8 Å². The van der Waals surface area contributed by atoms with Crippen molar-refractivity contribution >= 4 is 17.3 Å². The standard InChI is InChI=1S/C15H13FN6O4/c1-26-15-13(22(24)25)12(19-20-15)14(23)18-11-6-17-21(8-11)7-9-3-2-4-10(16)5-9/h2-6,8H,7H2,1H3,(H,18,23)(H,19,20). The van der Waals surface area contributed by atoms with E-state index in [9.17, 15) is 19.3 Å². The smallest absolute Gasteiger partial charge is 0.362 e. The zero-order valence-corrected chi connectivity index (χ0v) is 13.5. The number of carbonyl (C=O) groups is 1. The third-order valence-corrected chi connectivity index (χ3v) is 3.44. The number of anilines is 1. The van der Waals surface area contributed by atoms with Crippen LogP contribution in [0.4, 0.5) is 15.8 Å². The number of H-pyrrole nitrogens is 1. The zero-order chi connectivity index (χ0) is 18.7. The molecule has 0 saturated heterocycles. The molecular formula is C15H13FN6O4.